The van der Waals surface area contributed by atoms with Crippen molar-refractivity contribution in [3.05, 3.63) is 0 Å². The summed E-state index contributed by atoms with van der Waals surface area (Å²) in [6.07, 6.45) is 8.04. The van der Waals surface area contributed by atoms with Gasteiger partial charge in [-0.2, -0.15) is 0 Å². The van der Waals surface area contributed by atoms with Gasteiger partial charge in [-0.1, -0.05) is 19.3 Å². The Hall–Kier alpha value is -1.30. The standard InChI is InChI=1S/C17H30N4O2/c22-16(14-5-4-8-18-13-14)20-9-11-21(12-10-20)17(23)19-15-6-2-1-3-7-15/h14-15,18H,1-13H2,(H,19,23). The molecule has 3 amide bonds. The molecule has 0 aromatic rings. The van der Waals surface area contributed by atoms with Gasteiger partial charge in [-0.05, 0) is 32.2 Å². The maximum Gasteiger partial charge on any atom is 0.317 e. The topological polar surface area (TPSA) is 64.7 Å². The molecule has 6 heteroatoms. The molecule has 0 radical (unpaired) electrons. The Bertz CT molecular complexity index is 409. The molecule has 3 fully saturated rings. The lowest BCUT2D eigenvalue weighted by atomic mass is 9.96. The zero-order chi connectivity index (χ0) is 16.1. The van der Waals surface area contributed by atoms with Crippen molar-refractivity contribution in [2.24, 2.45) is 5.92 Å². The lowest BCUT2D eigenvalue weighted by molar-refractivity contribution is -0.137. The van der Waals surface area contributed by atoms with E-state index < -0.39 is 0 Å². The van der Waals surface area contributed by atoms with Crippen molar-refractivity contribution in [1.29, 1.82) is 0 Å². The molecule has 1 unspecified atom stereocenters. The Kier molecular flexibility index (Phi) is 5.75. The molecule has 0 bridgehead atoms. The van der Waals surface area contributed by atoms with Crippen LogP contribution in [0.3, 0.4) is 0 Å². The second kappa shape index (κ2) is 7.99. The Morgan fingerprint density at radius 1 is 0.870 bits per heavy atom. The molecule has 0 aromatic carbocycles. The largest absolute Gasteiger partial charge is 0.339 e. The van der Waals surface area contributed by atoms with Crippen molar-refractivity contribution >= 4 is 11.9 Å². The van der Waals surface area contributed by atoms with E-state index in [9.17, 15) is 9.59 Å². The summed E-state index contributed by atoms with van der Waals surface area (Å²) in [7, 11) is 0. The maximum absolute atomic E-state index is 12.5. The van der Waals surface area contributed by atoms with E-state index in [2.05, 4.69) is 10.6 Å². The molecule has 0 spiro atoms. The van der Waals surface area contributed by atoms with Crippen LogP contribution in [0, 0.1) is 5.92 Å². The lowest BCUT2D eigenvalue weighted by Crippen LogP contribution is -2.56. The molecular weight excluding hydrogens is 292 g/mol. The average Bonchev–Trinajstić information content (AvgIpc) is 2.63. The van der Waals surface area contributed by atoms with E-state index in [1.165, 1.54) is 19.3 Å². The van der Waals surface area contributed by atoms with Crippen LogP contribution in [0.25, 0.3) is 0 Å². The molecule has 2 N–H and O–H groups in total. The van der Waals surface area contributed by atoms with Gasteiger partial charge in [-0.25, -0.2) is 4.79 Å². The monoisotopic (exact) mass is 322 g/mol. The van der Waals surface area contributed by atoms with Gasteiger partial charge >= 0.3 is 6.03 Å². The molecule has 1 saturated carbocycles. The molecule has 1 aliphatic carbocycles. The molecule has 2 saturated heterocycles. The van der Waals surface area contributed by atoms with Crippen LogP contribution in [0.4, 0.5) is 4.79 Å². The zero-order valence-electron chi connectivity index (χ0n) is 14.1. The van der Waals surface area contributed by atoms with Crippen LogP contribution in [0.2, 0.25) is 0 Å². The van der Waals surface area contributed by atoms with Crippen molar-refractivity contribution in [3.8, 4) is 0 Å². The highest BCUT2D eigenvalue weighted by atomic mass is 16.2. The summed E-state index contributed by atoms with van der Waals surface area (Å²) in [4.78, 5) is 28.7. The molecule has 1 atom stereocenters. The van der Waals surface area contributed by atoms with Gasteiger partial charge in [0.2, 0.25) is 5.91 Å². The third-order valence-electron chi connectivity index (χ3n) is 5.46. The van der Waals surface area contributed by atoms with Crippen LogP contribution >= 0.6 is 0 Å². The van der Waals surface area contributed by atoms with Gasteiger partial charge < -0.3 is 20.4 Å². The predicted octanol–water partition coefficient (Wildman–Crippen LogP) is 1.17. The lowest BCUT2D eigenvalue weighted by Gasteiger charge is -2.38. The Morgan fingerprint density at radius 3 is 2.22 bits per heavy atom. The van der Waals surface area contributed by atoms with E-state index in [0.717, 1.165) is 38.8 Å². The quantitative estimate of drug-likeness (QED) is 0.802. The first-order valence-corrected chi connectivity index (χ1v) is 9.29. The third-order valence-corrected chi connectivity index (χ3v) is 5.46. The number of carbonyl (C=O) groups is 2. The number of hydrogen-bond acceptors (Lipinski definition) is 3. The van der Waals surface area contributed by atoms with Crippen LogP contribution in [-0.2, 0) is 4.79 Å². The van der Waals surface area contributed by atoms with Crippen LogP contribution in [0.1, 0.15) is 44.9 Å². The molecule has 2 aliphatic heterocycles. The minimum Gasteiger partial charge on any atom is -0.339 e. The Balaban J connectivity index is 1.42. The molecule has 6 nitrogen and oxygen atoms in total. The van der Waals surface area contributed by atoms with Gasteiger partial charge in [-0.15, -0.1) is 0 Å². The summed E-state index contributed by atoms with van der Waals surface area (Å²) in [5.74, 6) is 0.399. The summed E-state index contributed by atoms with van der Waals surface area (Å²) in [6, 6.07) is 0.410. The number of nitrogens with zero attached hydrogens (tertiary/aromatic N) is 2. The number of nitrogens with one attached hydrogen (secondary N) is 2. The fourth-order valence-electron chi connectivity index (χ4n) is 3.96. The van der Waals surface area contributed by atoms with Crippen LogP contribution in [0.15, 0.2) is 0 Å². The second-order valence-corrected chi connectivity index (χ2v) is 7.14. The highest BCUT2D eigenvalue weighted by Gasteiger charge is 2.30. The molecule has 130 valence electrons. The molecular formula is C17H30N4O2. The summed E-state index contributed by atoms with van der Waals surface area (Å²) < 4.78 is 0. The van der Waals surface area contributed by atoms with E-state index in [4.69, 9.17) is 0 Å². The summed E-state index contributed by atoms with van der Waals surface area (Å²) in [6.45, 7) is 4.50. The van der Waals surface area contributed by atoms with Crippen LogP contribution in [0.5, 0.6) is 0 Å². The maximum atomic E-state index is 12.5. The summed E-state index contributed by atoms with van der Waals surface area (Å²) >= 11 is 0. The van der Waals surface area contributed by atoms with E-state index >= 15 is 0 Å². The van der Waals surface area contributed by atoms with E-state index in [-0.39, 0.29) is 17.9 Å². The van der Waals surface area contributed by atoms with Gasteiger partial charge in [0.25, 0.3) is 0 Å². The number of piperidine rings is 1. The summed E-state index contributed by atoms with van der Waals surface area (Å²) in [5.41, 5.74) is 0. The third kappa shape index (κ3) is 4.37. The number of rotatable bonds is 2. The first-order valence-electron chi connectivity index (χ1n) is 9.29. The first kappa shape index (κ1) is 16.6. The van der Waals surface area contributed by atoms with Gasteiger partial charge in [0.05, 0.1) is 5.92 Å². The number of urea groups is 1. The number of piperazine rings is 1. The fraction of sp³-hybridized carbons (Fsp3) is 0.882. The van der Waals surface area contributed by atoms with Crippen LogP contribution < -0.4 is 10.6 Å². The van der Waals surface area contributed by atoms with Crippen molar-refractivity contribution in [1.82, 2.24) is 20.4 Å². The predicted molar refractivity (Wildman–Crippen MR) is 89.2 cm³/mol. The highest BCUT2D eigenvalue weighted by molar-refractivity contribution is 5.80. The van der Waals surface area contributed by atoms with Crippen molar-refractivity contribution in [2.75, 3.05) is 39.3 Å². The average molecular weight is 322 g/mol. The molecule has 23 heavy (non-hydrogen) atoms. The highest BCUT2D eigenvalue weighted by Crippen LogP contribution is 2.18. The first-order chi connectivity index (χ1) is 11.2. The Labute approximate surface area is 139 Å². The minimum absolute atomic E-state index is 0.0586. The fourth-order valence-corrected chi connectivity index (χ4v) is 3.96. The molecule has 3 aliphatic rings. The molecule has 3 rings (SSSR count). The van der Waals surface area contributed by atoms with Crippen LogP contribution in [-0.4, -0.2) is 67.0 Å². The van der Waals surface area contributed by atoms with Gasteiger partial charge in [0.15, 0.2) is 0 Å². The number of amides is 3. The van der Waals surface area contributed by atoms with Gasteiger partial charge in [0.1, 0.15) is 0 Å². The van der Waals surface area contributed by atoms with E-state index in [0.29, 0.717) is 32.2 Å². The molecule has 2 heterocycles. The van der Waals surface area contributed by atoms with E-state index in [1.54, 1.807) is 0 Å². The van der Waals surface area contributed by atoms with Gasteiger partial charge in [-0.3, -0.25) is 4.79 Å². The van der Waals surface area contributed by atoms with Crippen molar-refractivity contribution < 1.29 is 9.59 Å². The SMILES string of the molecule is O=C(NC1CCCCC1)N1CCN(C(=O)C2CCCNC2)CC1. The van der Waals surface area contributed by atoms with Crippen molar-refractivity contribution in [2.45, 2.75) is 51.0 Å². The van der Waals surface area contributed by atoms with Gasteiger partial charge in [0, 0.05) is 38.8 Å². The normalized spacial score (nSPS) is 26.9. The molecule has 0 aromatic heterocycles. The number of carbonyl (C=O) groups excluding carboxylic acids is 2. The van der Waals surface area contributed by atoms with E-state index in [1.807, 2.05) is 9.80 Å². The Morgan fingerprint density at radius 2 is 1.57 bits per heavy atom. The number of hydrogen-bond donors (Lipinski definition) is 2. The smallest absolute Gasteiger partial charge is 0.317 e. The van der Waals surface area contributed by atoms with Crippen molar-refractivity contribution in [3.63, 3.8) is 0 Å². The second-order valence-electron chi connectivity index (χ2n) is 7.14. The minimum atomic E-state index is 0.0586. The zero-order valence-corrected chi connectivity index (χ0v) is 14.1. The summed E-state index contributed by atoms with van der Waals surface area (Å²) in [5, 5.41) is 6.47.